The fraction of sp³-hybridized carbons (Fsp3) is 0.860. The minimum absolute atomic E-state index is 0.123. The maximum Gasteiger partial charge on any atom is 0.308 e. The lowest BCUT2D eigenvalue weighted by Gasteiger charge is -2.30. The maximum atomic E-state index is 12.7. The van der Waals surface area contributed by atoms with Crippen LogP contribution in [0, 0.1) is 0 Å². The van der Waals surface area contributed by atoms with Crippen LogP contribution in [-0.2, 0) is 32.7 Å². The number of unbranched alkanes of at least 4 members (excludes halogenated alkanes) is 22. The van der Waals surface area contributed by atoms with Crippen LogP contribution in [0.2, 0.25) is 0 Å². The van der Waals surface area contributed by atoms with Gasteiger partial charge in [0.1, 0.15) is 0 Å². The van der Waals surface area contributed by atoms with Crippen LogP contribution < -0.4 is 10.2 Å². The highest BCUT2D eigenvalue weighted by Crippen LogP contribution is 2.41. The topological polar surface area (TPSA) is 123 Å². The summed E-state index contributed by atoms with van der Waals surface area (Å²) in [7, 11) is -4.83. The molecule has 0 aromatic heterocycles. The molecule has 0 aromatic carbocycles. The van der Waals surface area contributed by atoms with Gasteiger partial charge in [-0.1, -0.05) is 148 Å². The molecule has 2 unspecified atom stereocenters. The molecule has 0 aliphatic rings. The first kappa shape index (κ1) is 51.5. The van der Waals surface area contributed by atoms with E-state index < -0.39 is 32.2 Å². The van der Waals surface area contributed by atoms with Gasteiger partial charge in [-0.05, 0) is 77.7 Å². The second-order valence-electron chi connectivity index (χ2n) is 14.5. The van der Waals surface area contributed by atoms with Crippen LogP contribution in [0.15, 0.2) is 24.3 Å². The molecule has 0 saturated carbocycles. The highest BCUT2D eigenvalue weighted by molar-refractivity contribution is 7.45. The molecule has 312 valence electrons. The third kappa shape index (κ3) is 37.2. The number of nitrogens with one attached hydrogen (secondary N) is 1. The van der Waals surface area contributed by atoms with Crippen molar-refractivity contribution in [2.24, 2.45) is 0 Å². The van der Waals surface area contributed by atoms with Gasteiger partial charge in [0, 0.05) is 19.4 Å². The Hall–Kier alpha value is -1.51. The molecule has 0 spiro atoms. The average molecular weight is 771 g/mol. The number of hydrogen-bond acceptors (Lipinski definition) is 9. The van der Waals surface area contributed by atoms with Crippen molar-refractivity contribution in [1.29, 1.82) is 0 Å². The lowest BCUT2D eigenvalue weighted by atomic mass is 10.1. The van der Waals surface area contributed by atoms with Crippen molar-refractivity contribution in [2.75, 3.05) is 19.7 Å². The molecule has 0 saturated heterocycles. The summed E-state index contributed by atoms with van der Waals surface area (Å²) in [6.45, 7) is 8.70. The summed E-state index contributed by atoms with van der Waals surface area (Å²) in [5.74, 6) is -1.08. The molecule has 0 radical (unpaired) electrons. The number of carbonyl (C=O) groups excluding carboxylic acids is 2. The molecular formula is C43H81NO8P-. The molecule has 10 heteroatoms. The van der Waals surface area contributed by atoms with Crippen molar-refractivity contribution in [1.82, 2.24) is 5.32 Å². The van der Waals surface area contributed by atoms with Gasteiger partial charge in [0.15, 0.2) is 6.10 Å². The molecule has 0 aliphatic carbocycles. The van der Waals surface area contributed by atoms with Crippen molar-refractivity contribution in [3.63, 3.8) is 0 Å². The van der Waals surface area contributed by atoms with Gasteiger partial charge in [0.25, 0.3) is 7.82 Å². The lowest BCUT2D eigenvalue weighted by Crippen LogP contribution is -2.36. The van der Waals surface area contributed by atoms with E-state index in [4.69, 9.17) is 18.5 Å². The summed E-state index contributed by atoms with van der Waals surface area (Å²) in [4.78, 5) is 37.8. The Labute approximate surface area is 325 Å². The summed E-state index contributed by atoms with van der Waals surface area (Å²) >= 11 is 0. The monoisotopic (exact) mass is 771 g/mol. The molecule has 0 rings (SSSR count). The summed E-state index contributed by atoms with van der Waals surface area (Å²) in [6, 6.07) is 0. The average Bonchev–Trinajstić information content (AvgIpc) is 3.13. The van der Waals surface area contributed by atoms with Crippen molar-refractivity contribution in [2.45, 2.75) is 220 Å². The van der Waals surface area contributed by atoms with Crippen molar-refractivity contribution in [3.8, 4) is 0 Å². The van der Waals surface area contributed by atoms with E-state index in [1.165, 1.54) is 96.8 Å². The molecule has 0 aliphatic heterocycles. The highest BCUT2D eigenvalue weighted by atomic mass is 31.2. The van der Waals surface area contributed by atoms with E-state index in [0.717, 1.165) is 64.2 Å². The second-order valence-corrected chi connectivity index (χ2v) is 15.8. The van der Waals surface area contributed by atoms with Gasteiger partial charge in [-0.3, -0.25) is 18.7 Å². The summed E-state index contributed by atoms with van der Waals surface area (Å²) in [5, 5.41) is 2.97. The SMILES string of the molecule is CCCCCCCC/C=C\CCCCCCCC(=O)OC(OP(=O)([O-])OCCNCC)[C@@H](C)OC(=O)CCCCCCC/C=C\CCCCCCCC. The van der Waals surface area contributed by atoms with Crippen LogP contribution in [0.3, 0.4) is 0 Å². The van der Waals surface area contributed by atoms with Gasteiger partial charge >= 0.3 is 11.9 Å². The first-order valence-electron chi connectivity index (χ1n) is 21.8. The Morgan fingerprint density at radius 2 is 0.962 bits per heavy atom. The van der Waals surface area contributed by atoms with E-state index in [2.05, 4.69) is 43.5 Å². The van der Waals surface area contributed by atoms with Gasteiger partial charge in [-0.15, -0.1) is 0 Å². The molecule has 9 nitrogen and oxygen atoms in total. The Balaban J connectivity index is 4.42. The largest absolute Gasteiger partial charge is 0.756 e. The van der Waals surface area contributed by atoms with Crippen LogP contribution in [-0.4, -0.2) is 44.0 Å². The number of ether oxygens (including phenoxy) is 2. The first-order valence-corrected chi connectivity index (χ1v) is 23.2. The van der Waals surface area contributed by atoms with Crippen LogP contribution in [0.25, 0.3) is 0 Å². The molecule has 0 heterocycles. The number of phosphoric ester groups is 1. The number of esters is 2. The fourth-order valence-corrected chi connectivity index (χ4v) is 6.80. The van der Waals surface area contributed by atoms with Crippen molar-refractivity contribution in [3.05, 3.63) is 24.3 Å². The zero-order valence-electron chi connectivity index (χ0n) is 34.6. The van der Waals surface area contributed by atoms with Crippen molar-refractivity contribution >= 4 is 19.8 Å². The Morgan fingerprint density at radius 3 is 1.38 bits per heavy atom. The van der Waals surface area contributed by atoms with Gasteiger partial charge < -0.3 is 24.2 Å². The zero-order valence-corrected chi connectivity index (χ0v) is 35.5. The van der Waals surface area contributed by atoms with E-state index >= 15 is 0 Å². The number of rotatable bonds is 40. The molecule has 0 amide bonds. The number of carbonyl (C=O) groups is 2. The number of hydrogen-bond donors (Lipinski definition) is 1. The van der Waals surface area contributed by atoms with Gasteiger partial charge in [-0.2, -0.15) is 0 Å². The zero-order chi connectivity index (χ0) is 39.1. The normalized spacial score (nSPS) is 14.1. The maximum absolute atomic E-state index is 12.7. The number of phosphoric acid groups is 1. The van der Waals surface area contributed by atoms with Crippen LogP contribution >= 0.6 is 7.82 Å². The molecule has 53 heavy (non-hydrogen) atoms. The minimum Gasteiger partial charge on any atom is -0.756 e. The summed E-state index contributed by atoms with van der Waals surface area (Å²) in [6.07, 6.45) is 36.8. The lowest BCUT2D eigenvalue weighted by molar-refractivity contribution is -0.253. The van der Waals surface area contributed by atoms with Crippen LogP contribution in [0.4, 0.5) is 0 Å². The Bertz CT molecular complexity index is 943. The molecule has 0 aromatic rings. The number of allylic oxidation sites excluding steroid dienone is 4. The van der Waals surface area contributed by atoms with Gasteiger partial charge in [0.2, 0.25) is 6.29 Å². The summed E-state index contributed by atoms with van der Waals surface area (Å²) < 4.78 is 33.5. The van der Waals surface area contributed by atoms with Crippen LogP contribution in [0.5, 0.6) is 0 Å². The quantitative estimate of drug-likeness (QED) is 0.0213. The first-order chi connectivity index (χ1) is 25.8. The van der Waals surface area contributed by atoms with E-state index in [9.17, 15) is 19.0 Å². The van der Waals surface area contributed by atoms with E-state index in [-0.39, 0.29) is 19.4 Å². The highest BCUT2D eigenvalue weighted by Gasteiger charge is 2.30. The Kier molecular flexibility index (Phi) is 37.6. The molecule has 0 bridgehead atoms. The second kappa shape index (κ2) is 38.8. The molecular weight excluding hydrogens is 689 g/mol. The smallest absolute Gasteiger partial charge is 0.308 e. The predicted octanol–water partition coefficient (Wildman–Crippen LogP) is 12.0. The minimum atomic E-state index is -4.83. The van der Waals surface area contributed by atoms with Crippen molar-refractivity contribution < 1.29 is 37.6 Å². The third-order valence-corrected chi connectivity index (χ3v) is 10.2. The molecule has 1 N–H and O–H groups in total. The standard InChI is InChI=1S/C43H82NO8P/c1-5-8-10-12-14-16-18-20-22-24-26-28-30-32-34-36-41(45)50-40(4)43(52-53(47,48)49-39-38-44-7-3)51-42(46)37-35-33-31-29-27-25-23-21-19-17-15-13-11-9-6-2/h20-23,40,43-44H,5-19,24-39H2,1-4H3,(H,47,48)/p-1/b22-20-,23-21-/t40-,43?/m1/s1. The van der Waals surface area contributed by atoms with E-state index in [1.54, 1.807) is 0 Å². The van der Waals surface area contributed by atoms with Gasteiger partial charge in [-0.25, -0.2) is 0 Å². The summed E-state index contributed by atoms with van der Waals surface area (Å²) in [5.41, 5.74) is 0. The van der Waals surface area contributed by atoms with Gasteiger partial charge in [0.05, 0.1) is 6.61 Å². The third-order valence-electron chi connectivity index (χ3n) is 9.24. The fourth-order valence-electron chi connectivity index (χ4n) is 5.96. The molecule has 0 fully saturated rings. The number of likely N-dealkylation sites (N-methyl/N-ethyl adjacent to an activating group) is 1. The molecule has 3 atom stereocenters. The van der Waals surface area contributed by atoms with E-state index in [1.807, 2.05) is 6.92 Å². The predicted molar refractivity (Wildman–Crippen MR) is 218 cm³/mol. The van der Waals surface area contributed by atoms with E-state index in [0.29, 0.717) is 25.9 Å². The van der Waals surface area contributed by atoms with Crippen LogP contribution in [0.1, 0.15) is 207 Å². The Morgan fingerprint density at radius 1 is 0.585 bits per heavy atom.